The summed E-state index contributed by atoms with van der Waals surface area (Å²) < 4.78 is 34.4. The van der Waals surface area contributed by atoms with E-state index in [-0.39, 0.29) is 104 Å². The van der Waals surface area contributed by atoms with Gasteiger partial charge < -0.3 is 104 Å². The van der Waals surface area contributed by atoms with Gasteiger partial charge in [-0.1, -0.05) is 85.3 Å². The number of aliphatic hydroxyl groups excluding tert-OH is 1. The molecule has 0 bridgehead atoms. The maximum absolute atomic E-state index is 13.0. The topological polar surface area (TPSA) is 405 Å². The van der Waals surface area contributed by atoms with Crippen LogP contribution in [0.4, 0.5) is 73.8 Å². The number of nitrogens with one attached hydrogen (secondary N) is 4. The number of pyridine rings is 3. The molecule has 12 rings (SSSR count). The van der Waals surface area contributed by atoms with E-state index in [4.69, 9.17) is 72.7 Å². The molecule has 115 heavy (non-hydrogen) atoms. The van der Waals surface area contributed by atoms with Crippen LogP contribution in [-0.2, 0) is 23.9 Å². The summed E-state index contributed by atoms with van der Waals surface area (Å²) in [6.45, 7) is 22.2. The number of hydrogen-bond donors (Lipinski definition) is 10. The Balaban J connectivity index is -0.00000142. The molecule has 4 aliphatic heterocycles. The SMILES string of the molecule is C.C.C.C.CCN(CC)CC.COC(=O)[C@H](C)NC(=O)N1CCN(c2cc(N)nc3cc(Cl)ccc23)CC1.C[C@H](NC(=O)N1CCN(c2cc(N)nc3cc(Cl)ccc23)CC1)C(=O)Nc1ccc(F)cc1.C[C@H](NC(=O)N1CCN(c2cc(N)nc3cc(Cl)ccc23)CC1)C(=O)O.F.Nc1ccc(F)cc1.OC1CCCO1.[2HH].[B].[Li+].[OH-]. The predicted molar refractivity (Wildman–Crippen MR) is 458 cm³/mol. The molecule has 8 aromatic rings. The fraction of sp³-hybridized carbons (Fsp3) is 0.423. The van der Waals surface area contributed by atoms with Crippen LogP contribution in [-0.4, -0.2) is 231 Å². The van der Waals surface area contributed by atoms with E-state index in [9.17, 15) is 37.5 Å². The summed E-state index contributed by atoms with van der Waals surface area (Å²) in [4.78, 5) is 98.6. The first-order chi connectivity index (χ1) is 51.1. The van der Waals surface area contributed by atoms with Crippen molar-refractivity contribution < 1.29 is 87.7 Å². The van der Waals surface area contributed by atoms with Crippen molar-refractivity contribution in [3.63, 3.8) is 0 Å². The zero-order chi connectivity index (χ0) is 78.0. The van der Waals surface area contributed by atoms with Crippen LogP contribution in [0.25, 0.3) is 32.7 Å². The molecule has 4 atom stereocenters. The second-order valence-corrected chi connectivity index (χ2v) is 26.4. The Morgan fingerprint density at radius 3 is 1.14 bits per heavy atom. The molecule has 1 unspecified atom stereocenters. The maximum Gasteiger partial charge on any atom is 1.00 e. The minimum Gasteiger partial charge on any atom is -0.870 e. The van der Waals surface area contributed by atoms with Crippen molar-refractivity contribution in [3.8, 4) is 0 Å². The first-order valence-electron chi connectivity index (χ1n) is 35.0. The number of halogens is 6. The van der Waals surface area contributed by atoms with Crippen molar-refractivity contribution >= 4 is 158 Å². The van der Waals surface area contributed by atoms with Gasteiger partial charge in [0.2, 0.25) is 5.91 Å². The molecule has 7 heterocycles. The third-order valence-corrected chi connectivity index (χ3v) is 18.3. The van der Waals surface area contributed by atoms with E-state index >= 15 is 0 Å². The number of benzene rings is 5. The van der Waals surface area contributed by atoms with Crippen molar-refractivity contribution in [2.45, 2.75) is 109 Å². The Morgan fingerprint density at radius 1 is 0.548 bits per heavy atom. The minimum atomic E-state index is -1.06. The smallest absolute Gasteiger partial charge is 0.870 e. The molecule has 5 aromatic carbocycles. The van der Waals surface area contributed by atoms with E-state index in [1.54, 1.807) is 46.7 Å². The number of fused-ring (bicyclic) bond motifs is 3. The largest absolute Gasteiger partial charge is 1.00 e. The summed E-state index contributed by atoms with van der Waals surface area (Å²) in [6, 6.07) is 29.8. The average molecular weight is 1660 g/mol. The molecule has 3 radical (unpaired) electrons. The molecule has 4 aliphatic rings. The van der Waals surface area contributed by atoms with Crippen molar-refractivity contribution in [1.29, 1.82) is 0 Å². The van der Waals surface area contributed by atoms with Gasteiger partial charge in [-0.15, -0.1) is 0 Å². The number of anilines is 8. The molecule has 0 saturated carbocycles. The number of rotatable bonds is 13. The molecule has 3 aromatic heterocycles. The van der Waals surface area contributed by atoms with Gasteiger partial charge in [0, 0.05) is 179 Å². The Labute approximate surface area is 703 Å². The molecule has 37 heteroatoms. The molecule has 29 nitrogen and oxygen atoms in total. The fourth-order valence-corrected chi connectivity index (χ4v) is 12.0. The number of piperazine rings is 3. The van der Waals surface area contributed by atoms with Crippen LogP contribution in [0.3, 0.4) is 0 Å². The normalized spacial score (nSPS) is 14.5. The maximum atomic E-state index is 13.0. The molecule has 4 saturated heterocycles. The Hall–Kier alpha value is -9.69. The summed E-state index contributed by atoms with van der Waals surface area (Å²) >= 11 is 18.2. The third kappa shape index (κ3) is 32.9. The number of nitrogens with zero attached hydrogens (tertiary/aromatic N) is 10. The first kappa shape index (κ1) is 107. The number of methoxy groups -OCH3 is 1. The van der Waals surface area contributed by atoms with Gasteiger partial charge in [0.05, 0.1) is 23.7 Å². The van der Waals surface area contributed by atoms with Crippen molar-refractivity contribution in [2.75, 3.05) is 155 Å². The molecule has 0 spiro atoms. The van der Waals surface area contributed by atoms with Crippen molar-refractivity contribution in [1.82, 2.24) is 50.5 Å². The monoisotopic (exact) mass is 1660 g/mol. The standard InChI is InChI=1S/C23H24ClFN6O2.C18H22ClN5O3.C17H20ClN5O3.C6H6FN.C6H15N.C4H8O2.4CH4.B.FH.Li.H2O.H2/c1-14(22(32)28-17-5-3-16(25)4-6-17)27-23(33)31-10-8-30(9-11-31)20-13-21(26)29-19-12-15(24)2-7-18(19)20;1-11(17(25)27-2)21-18(26)24-7-5-23(6-8-24)15-10-16(20)22-14-9-12(19)3-4-13(14)15;1-10(16(24)25)20-17(26)23-6-4-22(5-7-23)14-9-15(19)21-13-8-11(18)2-3-12(13)14;7-5-1-3-6(8)4-2-5;1-4-7(5-2)6-3;5-4-2-1-3-6-4;;;;;;;;;/h2-7,12-14H,8-11H2,1H3,(H2,26,29)(H,27,33)(H,28,32);3-4,9-11H,5-8H2,1-2H3,(H2,20,22)(H,21,26);2-3,8-10H,4-7H2,1H3,(H2,19,21)(H,20,26)(H,24,25);1-4H,8H2;4-6H2,1-3H3;4-5H,1-3H2;4*1H4;;1H;;1H2;1H/q;;;;;;;;;;;;+1;;/p-1/t14-;11-;10-;;;;;;;;;;;;/m000............/s1/i;;;;;;;;;;;;;;1+1. The summed E-state index contributed by atoms with van der Waals surface area (Å²) in [7, 11) is 1.29. The van der Waals surface area contributed by atoms with E-state index in [0.29, 0.717) is 122 Å². The Morgan fingerprint density at radius 2 is 0.870 bits per heavy atom. The Kier molecular flexibility index (Phi) is 49.2. The van der Waals surface area contributed by atoms with E-state index in [1.807, 2.05) is 54.6 Å². The molecular formula is C78H115BCl3F3LiN18O11. The van der Waals surface area contributed by atoms with Gasteiger partial charge >= 0.3 is 48.9 Å². The van der Waals surface area contributed by atoms with Gasteiger partial charge in [-0.05, 0) is 150 Å². The van der Waals surface area contributed by atoms with Gasteiger partial charge in [0.25, 0.3) is 0 Å². The first-order valence-corrected chi connectivity index (χ1v) is 36.1. The molecule has 629 valence electrons. The molecular weight excluding hydrogens is 1550 g/mol. The third-order valence-electron chi connectivity index (χ3n) is 17.6. The van der Waals surface area contributed by atoms with Crippen molar-refractivity contribution in [2.24, 2.45) is 0 Å². The van der Waals surface area contributed by atoms with Crippen LogP contribution < -0.4 is 77.8 Å². The number of nitrogens with two attached hydrogens (primary N) is 4. The zero-order valence-corrected chi connectivity index (χ0v) is 65.6. The number of nitrogen functional groups attached to an aromatic ring is 4. The summed E-state index contributed by atoms with van der Waals surface area (Å²) in [5, 5.41) is 32.5. The van der Waals surface area contributed by atoms with Crippen LogP contribution >= 0.6 is 34.8 Å². The average Bonchev–Trinajstić information content (AvgIpc) is 0.825. The van der Waals surface area contributed by atoms with E-state index in [0.717, 1.165) is 69.2 Å². The number of carboxylic acids is 1. The predicted octanol–water partition coefficient (Wildman–Crippen LogP) is 9.37. The number of aliphatic carboxylic acids is 1. The van der Waals surface area contributed by atoms with E-state index < -0.39 is 36.4 Å². The van der Waals surface area contributed by atoms with Gasteiger partial charge in [-0.25, -0.2) is 42.9 Å². The number of carbonyl (C=O) groups excluding carboxylic acids is 5. The van der Waals surface area contributed by atoms with Crippen LogP contribution in [0.2, 0.25) is 15.1 Å². The molecule has 0 aliphatic carbocycles. The van der Waals surface area contributed by atoms with Crippen LogP contribution in [0.15, 0.2) is 121 Å². The number of esters is 1. The number of carbonyl (C=O) groups is 6. The number of carboxylic acid groups (broad SMARTS) is 1. The fourth-order valence-electron chi connectivity index (χ4n) is 11.5. The van der Waals surface area contributed by atoms with Gasteiger partial charge in [0.1, 0.15) is 47.2 Å². The van der Waals surface area contributed by atoms with E-state index in [2.05, 4.69) is 81.3 Å². The molecule has 7 amide bonds. The number of aromatic nitrogens is 3. The van der Waals surface area contributed by atoms with Gasteiger partial charge in [0.15, 0.2) is 6.29 Å². The number of amides is 7. The second-order valence-electron chi connectivity index (χ2n) is 25.1. The number of aliphatic hydroxyl groups is 1. The minimum absolute atomic E-state index is 0. The van der Waals surface area contributed by atoms with Crippen LogP contribution in [0.1, 0.15) is 85.5 Å². The number of ether oxygens (including phenoxy) is 2. The second kappa shape index (κ2) is 52.7. The Bertz CT molecular complexity index is 4280. The van der Waals surface area contributed by atoms with E-state index in [1.165, 1.54) is 82.2 Å². The zero-order valence-electron chi connectivity index (χ0n) is 63.3. The van der Waals surface area contributed by atoms with Gasteiger partial charge in [-0.3, -0.25) is 14.3 Å². The molecule has 15 N–H and O–H groups in total. The quantitative estimate of drug-likeness (QED) is 0.0292. The van der Waals surface area contributed by atoms with Crippen LogP contribution in [0.5, 0.6) is 0 Å². The van der Waals surface area contributed by atoms with Crippen LogP contribution in [0, 0.1) is 11.6 Å². The summed E-state index contributed by atoms with van der Waals surface area (Å²) in [5.74, 6) is -1.32. The number of hydrogen-bond acceptors (Lipinski definition) is 21. The number of urea groups is 3. The summed E-state index contributed by atoms with van der Waals surface area (Å²) in [5.41, 5.74) is 29.2. The molecule has 4 fully saturated rings. The summed E-state index contributed by atoms with van der Waals surface area (Å²) in [6.07, 6.45) is 1.38. The van der Waals surface area contributed by atoms with Gasteiger partial charge in [-0.2, -0.15) is 0 Å². The van der Waals surface area contributed by atoms with Crippen molar-refractivity contribution in [3.05, 3.63) is 148 Å².